The normalized spacial score (nSPS) is 20.4. The van der Waals surface area contributed by atoms with Gasteiger partial charge in [-0.2, -0.15) is 13.2 Å². The van der Waals surface area contributed by atoms with Crippen molar-refractivity contribution in [2.45, 2.75) is 31.1 Å². The van der Waals surface area contributed by atoms with Crippen molar-refractivity contribution in [3.05, 3.63) is 65.7 Å². The Morgan fingerprint density at radius 1 is 1.19 bits per heavy atom. The van der Waals surface area contributed by atoms with Crippen molar-refractivity contribution in [3.63, 3.8) is 0 Å². The number of hydrogen-bond donors (Lipinski definition) is 1. The molecule has 2 bridgehead atoms. The third-order valence-corrected chi connectivity index (χ3v) is 5.69. The fourth-order valence-electron chi connectivity index (χ4n) is 4.21. The molecule has 0 radical (unpaired) electrons. The average molecular weight is 428 g/mol. The molecule has 2 aromatic heterocycles. The first-order valence-electron chi connectivity index (χ1n) is 10.00. The lowest BCUT2D eigenvalue weighted by Crippen LogP contribution is -2.43. The molecule has 160 valence electrons. The smallest absolute Gasteiger partial charge is 0.431 e. The van der Waals surface area contributed by atoms with Crippen molar-refractivity contribution >= 4 is 11.6 Å². The molecular formula is C22H19F3N4O2. The molecule has 1 aromatic carbocycles. The molecule has 1 N–H and O–H groups in total. The highest BCUT2D eigenvalue weighted by molar-refractivity contribution is 5.97. The Morgan fingerprint density at radius 2 is 2.00 bits per heavy atom. The van der Waals surface area contributed by atoms with E-state index in [1.54, 1.807) is 36.4 Å². The van der Waals surface area contributed by atoms with Crippen LogP contribution in [0.2, 0.25) is 0 Å². The van der Waals surface area contributed by atoms with Crippen LogP contribution in [-0.2, 0) is 12.6 Å². The van der Waals surface area contributed by atoms with E-state index in [1.807, 2.05) is 6.07 Å². The number of benzene rings is 1. The molecule has 0 spiro atoms. The summed E-state index contributed by atoms with van der Waals surface area (Å²) in [5, 5.41) is 3.42. The van der Waals surface area contributed by atoms with Crippen LogP contribution in [0.15, 0.2) is 53.1 Å². The average Bonchev–Trinajstić information content (AvgIpc) is 3.50. The molecule has 9 heteroatoms. The van der Waals surface area contributed by atoms with E-state index in [0.29, 0.717) is 23.2 Å². The van der Waals surface area contributed by atoms with E-state index in [0.717, 1.165) is 25.3 Å². The summed E-state index contributed by atoms with van der Waals surface area (Å²) in [5.41, 5.74) is 0.180. The SMILES string of the molecule is O=C(Cc1ccc(N2CC3CC2CN3)nc1)c1nc(-c2ccccc2)oc1C(F)(F)F. The van der Waals surface area contributed by atoms with Gasteiger partial charge in [-0.3, -0.25) is 4.79 Å². The molecule has 5 rings (SSSR count). The van der Waals surface area contributed by atoms with Crippen LogP contribution in [0.3, 0.4) is 0 Å². The summed E-state index contributed by atoms with van der Waals surface area (Å²) in [6.07, 6.45) is -2.45. The lowest BCUT2D eigenvalue weighted by Gasteiger charge is -2.28. The minimum atomic E-state index is -4.82. The first-order chi connectivity index (χ1) is 14.9. The van der Waals surface area contributed by atoms with Gasteiger partial charge in [-0.25, -0.2) is 9.97 Å². The molecular weight excluding hydrogens is 409 g/mol. The summed E-state index contributed by atoms with van der Waals surface area (Å²) < 4.78 is 45.4. The van der Waals surface area contributed by atoms with E-state index >= 15 is 0 Å². The quantitative estimate of drug-likeness (QED) is 0.625. The van der Waals surface area contributed by atoms with Crippen LogP contribution >= 0.6 is 0 Å². The van der Waals surface area contributed by atoms with Gasteiger partial charge in [-0.1, -0.05) is 24.3 Å². The minimum absolute atomic E-state index is 0.234. The number of alkyl halides is 3. The van der Waals surface area contributed by atoms with Gasteiger partial charge in [-0.15, -0.1) is 0 Å². The van der Waals surface area contributed by atoms with Crippen LogP contribution < -0.4 is 10.2 Å². The van der Waals surface area contributed by atoms with Crippen molar-refractivity contribution in [3.8, 4) is 11.5 Å². The minimum Gasteiger partial charge on any atom is -0.431 e. The van der Waals surface area contributed by atoms with E-state index in [9.17, 15) is 18.0 Å². The van der Waals surface area contributed by atoms with Gasteiger partial charge in [0, 0.05) is 43.4 Å². The number of ketones is 1. The zero-order valence-corrected chi connectivity index (χ0v) is 16.4. The van der Waals surface area contributed by atoms with Gasteiger partial charge in [0.2, 0.25) is 11.7 Å². The number of carbonyl (C=O) groups excluding carboxylic acids is 1. The van der Waals surface area contributed by atoms with Crippen molar-refractivity contribution in [1.29, 1.82) is 0 Å². The largest absolute Gasteiger partial charge is 0.452 e. The van der Waals surface area contributed by atoms with Crippen LogP contribution in [0.4, 0.5) is 19.0 Å². The Labute approximate surface area is 176 Å². The third-order valence-electron chi connectivity index (χ3n) is 5.69. The lowest BCUT2D eigenvalue weighted by atomic mass is 10.1. The molecule has 0 amide bonds. The number of carbonyl (C=O) groups is 1. The maximum atomic E-state index is 13.5. The maximum Gasteiger partial charge on any atom is 0.452 e. The highest BCUT2D eigenvalue weighted by Gasteiger charge is 2.42. The number of aromatic nitrogens is 2. The number of pyridine rings is 1. The molecule has 6 nitrogen and oxygen atoms in total. The second kappa shape index (κ2) is 7.49. The van der Waals surface area contributed by atoms with E-state index < -0.39 is 23.4 Å². The highest BCUT2D eigenvalue weighted by Crippen LogP contribution is 2.36. The lowest BCUT2D eigenvalue weighted by molar-refractivity contribution is -0.153. The molecule has 3 aromatic rings. The monoisotopic (exact) mass is 428 g/mol. The number of Topliss-reactive ketones (excluding diaryl/α,β-unsaturated/α-hetero) is 1. The molecule has 4 heterocycles. The summed E-state index contributed by atoms with van der Waals surface area (Å²) in [7, 11) is 0. The molecule has 2 saturated heterocycles. The van der Waals surface area contributed by atoms with Crippen molar-refractivity contribution in [2.24, 2.45) is 0 Å². The number of nitrogens with one attached hydrogen (secondary N) is 1. The van der Waals surface area contributed by atoms with Crippen LogP contribution in [0, 0.1) is 0 Å². The van der Waals surface area contributed by atoms with Crippen molar-refractivity contribution < 1.29 is 22.4 Å². The fourth-order valence-corrected chi connectivity index (χ4v) is 4.21. The van der Waals surface area contributed by atoms with E-state index in [-0.39, 0.29) is 12.3 Å². The predicted molar refractivity (Wildman–Crippen MR) is 107 cm³/mol. The number of piperazine rings is 1. The van der Waals surface area contributed by atoms with Gasteiger partial charge in [0.1, 0.15) is 5.82 Å². The van der Waals surface area contributed by atoms with Crippen molar-refractivity contribution in [1.82, 2.24) is 15.3 Å². The number of oxazole rings is 1. The number of halogens is 3. The molecule has 2 unspecified atom stereocenters. The Kier molecular flexibility index (Phi) is 4.77. The standard InChI is InChI=1S/C22H19F3N4O2/c23-22(24,25)20-19(28-21(31-20)14-4-2-1-3-5-14)17(30)8-13-6-7-18(27-10-13)29-12-15-9-16(29)11-26-15/h1-7,10,15-16,26H,8-9,11-12H2. The number of rotatable bonds is 5. The third kappa shape index (κ3) is 3.81. The van der Waals surface area contributed by atoms with Gasteiger partial charge < -0.3 is 14.6 Å². The summed E-state index contributed by atoms with van der Waals surface area (Å²) in [6.45, 7) is 1.80. The van der Waals surface area contributed by atoms with Gasteiger partial charge in [0.25, 0.3) is 0 Å². The zero-order chi connectivity index (χ0) is 21.6. The number of nitrogens with zero attached hydrogens (tertiary/aromatic N) is 3. The summed E-state index contributed by atoms with van der Waals surface area (Å²) in [5.74, 6) is -1.56. The highest BCUT2D eigenvalue weighted by atomic mass is 19.4. The van der Waals surface area contributed by atoms with E-state index in [1.165, 1.54) is 6.20 Å². The van der Waals surface area contributed by atoms with E-state index in [2.05, 4.69) is 20.2 Å². The molecule has 0 saturated carbocycles. The first-order valence-corrected chi connectivity index (χ1v) is 10.00. The second-order valence-corrected chi connectivity index (χ2v) is 7.83. The van der Waals surface area contributed by atoms with Crippen LogP contribution in [0.25, 0.3) is 11.5 Å². The molecule has 2 atom stereocenters. The Hall–Kier alpha value is -3.20. The molecule has 0 aliphatic carbocycles. The van der Waals surface area contributed by atoms with E-state index in [4.69, 9.17) is 4.42 Å². The predicted octanol–water partition coefficient (Wildman–Crippen LogP) is 3.73. The van der Waals surface area contributed by atoms with Gasteiger partial charge in [0.05, 0.1) is 0 Å². The second-order valence-electron chi connectivity index (χ2n) is 7.83. The maximum absolute atomic E-state index is 13.5. The topological polar surface area (TPSA) is 71.3 Å². The number of anilines is 1. The number of hydrogen-bond acceptors (Lipinski definition) is 6. The summed E-state index contributed by atoms with van der Waals surface area (Å²) >= 11 is 0. The fraction of sp³-hybridized carbons (Fsp3) is 0.318. The molecule has 2 fully saturated rings. The zero-order valence-electron chi connectivity index (χ0n) is 16.4. The number of fused-ring (bicyclic) bond motifs is 2. The Balaban J connectivity index is 1.37. The molecule has 2 aliphatic heterocycles. The van der Waals surface area contributed by atoms with Gasteiger partial charge >= 0.3 is 6.18 Å². The van der Waals surface area contributed by atoms with Crippen molar-refractivity contribution in [2.75, 3.05) is 18.0 Å². The van der Waals surface area contributed by atoms with Crippen LogP contribution in [-0.4, -0.2) is 40.9 Å². The Bertz CT molecular complexity index is 1100. The first kappa shape index (κ1) is 19.7. The summed E-state index contributed by atoms with van der Waals surface area (Å²) in [6, 6.07) is 12.6. The molecule has 2 aliphatic rings. The molecule has 31 heavy (non-hydrogen) atoms. The van der Waals surface area contributed by atoms with Crippen LogP contribution in [0.1, 0.15) is 28.2 Å². The Morgan fingerprint density at radius 3 is 2.61 bits per heavy atom. The summed E-state index contributed by atoms with van der Waals surface area (Å²) in [4.78, 5) is 23.2. The van der Waals surface area contributed by atoms with Gasteiger partial charge in [0.15, 0.2) is 11.5 Å². The van der Waals surface area contributed by atoms with Crippen LogP contribution in [0.5, 0.6) is 0 Å². The van der Waals surface area contributed by atoms with Gasteiger partial charge in [-0.05, 0) is 30.2 Å².